The van der Waals surface area contributed by atoms with E-state index < -0.39 is 11.4 Å². The van der Waals surface area contributed by atoms with E-state index in [1.165, 1.54) is 0 Å². The first-order valence-corrected chi connectivity index (χ1v) is 5.24. The molecule has 0 bridgehead atoms. The zero-order valence-electron chi connectivity index (χ0n) is 8.44. The van der Waals surface area contributed by atoms with Crippen LogP contribution in [0.5, 0.6) is 0 Å². The SMILES string of the molecule is Cc1nn(C)c(C)c1CCOS(=O)[O-]. The Kier molecular flexibility index (Phi) is 3.79. The summed E-state index contributed by atoms with van der Waals surface area (Å²) in [6.45, 7) is 4.02. The van der Waals surface area contributed by atoms with Crippen LogP contribution < -0.4 is 0 Å². The van der Waals surface area contributed by atoms with Crippen LogP contribution in [0.25, 0.3) is 0 Å². The molecular formula is C8H13N2O3S-. The number of hydrogen-bond acceptors (Lipinski definition) is 4. The minimum absolute atomic E-state index is 0.170. The van der Waals surface area contributed by atoms with E-state index in [-0.39, 0.29) is 6.61 Å². The summed E-state index contributed by atoms with van der Waals surface area (Å²) in [6, 6.07) is 0. The van der Waals surface area contributed by atoms with Crippen molar-refractivity contribution in [1.82, 2.24) is 9.78 Å². The maximum atomic E-state index is 10.1. The monoisotopic (exact) mass is 217 g/mol. The number of aryl methyl sites for hydroxylation is 2. The van der Waals surface area contributed by atoms with Gasteiger partial charge in [-0.1, -0.05) is 0 Å². The number of nitrogens with zero attached hydrogens (tertiary/aromatic N) is 2. The Morgan fingerprint density at radius 2 is 2.21 bits per heavy atom. The fraction of sp³-hybridized carbons (Fsp3) is 0.625. The van der Waals surface area contributed by atoms with Gasteiger partial charge < -0.3 is 8.74 Å². The molecule has 6 heteroatoms. The second kappa shape index (κ2) is 4.68. The molecule has 1 unspecified atom stereocenters. The smallest absolute Gasteiger partial charge is 0.0842 e. The summed E-state index contributed by atoms with van der Waals surface area (Å²) in [5, 5.41) is 4.22. The highest BCUT2D eigenvalue weighted by atomic mass is 32.2. The molecule has 5 nitrogen and oxygen atoms in total. The quantitative estimate of drug-likeness (QED) is 0.684. The third kappa shape index (κ3) is 2.63. The van der Waals surface area contributed by atoms with Crippen molar-refractivity contribution in [3.63, 3.8) is 0 Å². The Hall–Kier alpha value is -0.720. The summed E-state index contributed by atoms with van der Waals surface area (Å²) in [4.78, 5) is 0. The average Bonchev–Trinajstić information content (AvgIpc) is 2.31. The zero-order chi connectivity index (χ0) is 10.7. The summed E-state index contributed by atoms with van der Waals surface area (Å²) in [6.07, 6.45) is 0.569. The van der Waals surface area contributed by atoms with Crippen LogP contribution in [0.2, 0.25) is 0 Å². The van der Waals surface area contributed by atoms with Gasteiger partial charge in [-0.25, -0.2) is 4.21 Å². The lowest BCUT2D eigenvalue weighted by Gasteiger charge is -2.05. The van der Waals surface area contributed by atoms with Gasteiger partial charge in [0.2, 0.25) is 0 Å². The van der Waals surface area contributed by atoms with Crippen LogP contribution in [0.3, 0.4) is 0 Å². The summed E-state index contributed by atoms with van der Waals surface area (Å²) >= 11 is -2.42. The molecule has 0 amide bonds. The van der Waals surface area contributed by atoms with Gasteiger partial charge in [-0.2, -0.15) is 5.10 Å². The Morgan fingerprint density at radius 3 is 2.64 bits per heavy atom. The Balaban J connectivity index is 2.62. The standard InChI is InChI=1S/C8H14N2O3S/c1-6-8(4-5-13-14(11)12)7(2)10(3)9-6/h4-5H2,1-3H3,(H,11,12)/p-1. The fourth-order valence-electron chi connectivity index (χ4n) is 1.39. The lowest BCUT2D eigenvalue weighted by Crippen LogP contribution is -2.02. The molecule has 0 N–H and O–H groups in total. The minimum Gasteiger partial charge on any atom is -0.750 e. The highest BCUT2D eigenvalue weighted by Crippen LogP contribution is 2.12. The molecule has 1 rings (SSSR count). The lowest BCUT2D eigenvalue weighted by atomic mass is 10.1. The fourth-order valence-corrected chi connectivity index (χ4v) is 1.61. The van der Waals surface area contributed by atoms with Crippen molar-refractivity contribution in [2.24, 2.45) is 7.05 Å². The maximum Gasteiger partial charge on any atom is 0.0842 e. The van der Waals surface area contributed by atoms with Crippen LogP contribution in [0.4, 0.5) is 0 Å². The van der Waals surface area contributed by atoms with E-state index in [1.807, 2.05) is 20.9 Å². The highest BCUT2D eigenvalue weighted by Gasteiger charge is 2.08. The molecule has 1 atom stereocenters. The molecule has 0 radical (unpaired) electrons. The van der Waals surface area contributed by atoms with E-state index in [1.54, 1.807) is 4.68 Å². The van der Waals surface area contributed by atoms with E-state index in [0.29, 0.717) is 6.42 Å². The molecular weight excluding hydrogens is 204 g/mol. The summed E-state index contributed by atoms with van der Waals surface area (Å²) < 4.78 is 26.5. The van der Waals surface area contributed by atoms with Crippen molar-refractivity contribution in [3.8, 4) is 0 Å². The average molecular weight is 217 g/mol. The summed E-state index contributed by atoms with van der Waals surface area (Å²) in [5.41, 5.74) is 3.02. The maximum absolute atomic E-state index is 10.1. The van der Waals surface area contributed by atoms with E-state index in [0.717, 1.165) is 17.0 Å². The van der Waals surface area contributed by atoms with Crippen molar-refractivity contribution < 1.29 is 12.9 Å². The molecule has 0 aliphatic heterocycles. The topological polar surface area (TPSA) is 67.2 Å². The second-order valence-electron chi connectivity index (χ2n) is 3.05. The van der Waals surface area contributed by atoms with Gasteiger partial charge in [0.15, 0.2) is 0 Å². The van der Waals surface area contributed by atoms with Crippen molar-refractivity contribution in [1.29, 1.82) is 0 Å². The molecule has 0 aliphatic rings. The van der Waals surface area contributed by atoms with E-state index in [2.05, 4.69) is 9.28 Å². The first-order chi connectivity index (χ1) is 6.52. The van der Waals surface area contributed by atoms with Gasteiger partial charge in [0.1, 0.15) is 0 Å². The highest BCUT2D eigenvalue weighted by molar-refractivity contribution is 7.74. The largest absolute Gasteiger partial charge is 0.750 e. The third-order valence-electron chi connectivity index (χ3n) is 2.19. The van der Waals surface area contributed by atoms with Crippen LogP contribution in [0.15, 0.2) is 0 Å². The van der Waals surface area contributed by atoms with Crippen LogP contribution in [0, 0.1) is 13.8 Å². The molecule has 0 saturated heterocycles. The number of aromatic nitrogens is 2. The minimum atomic E-state index is -2.42. The first-order valence-electron chi connectivity index (χ1n) is 4.24. The molecule has 80 valence electrons. The van der Waals surface area contributed by atoms with E-state index >= 15 is 0 Å². The zero-order valence-corrected chi connectivity index (χ0v) is 9.26. The van der Waals surface area contributed by atoms with Gasteiger partial charge in [-0.3, -0.25) is 4.68 Å². The normalized spacial score (nSPS) is 13.1. The molecule has 0 aliphatic carbocycles. The molecule has 1 aromatic heterocycles. The van der Waals surface area contributed by atoms with Gasteiger partial charge >= 0.3 is 0 Å². The van der Waals surface area contributed by atoms with Crippen LogP contribution in [-0.2, 0) is 29.0 Å². The summed E-state index contributed by atoms with van der Waals surface area (Å²) in [5.74, 6) is 0. The number of rotatable bonds is 4. The summed E-state index contributed by atoms with van der Waals surface area (Å²) in [7, 11) is 1.86. The third-order valence-corrected chi connectivity index (χ3v) is 2.55. The van der Waals surface area contributed by atoms with Gasteiger partial charge in [-0.15, -0.1) is 0 Å². The molecule has 0 fully saturated rings. The van der Waals surface area contributed by atoms with E-state index in [4.69, 9.17) is 0 Å². The number of hydrogen-bond donors (Lipinski definition) is 0. The molecule has 0 saturated carbocycles. The molecule has 1 heterocycles. The van der Waals surface area contributed by atoms with Gasteiger partial charge in [0.25, 0.3) is 0 Å². The van der Waals surface area contributed by atoms with Crippen molar-refractivity contribution in [2.45, 2.75) is 20.3 Å². The van der Waals surface area contributed by atoms with Gasteiger partial charge in [0, 0.05) is 19.2 Å². The molecule has 0 spiro atoms. The van der Waals surface area contributed by atoms with E-state index in [9.17, 15) is 8.76 Å². The Labute approximate surface area is 85.6 Å². The molecule has 14 heavy (non-hydrogen) atoms. The van der Waals surface area contributed by atoms with Gasteiger partial charge in [0.05, 0.1) is 23.7 Å². The predicted octanol–water partition coefficient (Wildman–Crippen LogP) is 0.390. The first kappa shape index (κ1) is 11.4. The van der Waals surface area contributed by atoms with Crippen LogP contribution >= 0.6 is 0 Å². The van der Waals surface area contributed by atoms with Gasteiger partial charge in [-0.05, 0) is 19.4 Å². The predicted molar refractivity (Wildman–Crippen MR) is 51.3 cm³/mol. The molecule has 0 aromatic carbocycles. The van der Waals surface area contributed by atoms with Crippen molar-refractivity contribution >= 4 is 11.4 Å². The Morgan fingerprint density at radius 1 is 1.57 bits per heavy atom. The van der Waals surface area contributed by atoms with Crippen molar-refractivity contribution in [3.05, 3.63) is 17.0 Å². The van der Waals surface area contributed by atoms with Crippen molar-refractivity contribution in [2.75, 3.05) is 6.61 Å². The Bertz CT molecular complexity index is 349. The molecule has 1 aromatic rings. The lowest BCUT2D eigenvalue weighted by molar-refractivity contribution is 0.303. The van der Waals surface area contributed by atoms with Crippen LogP contribution in [-0.4, -0.2) is 25.1 Å². The second-order valence-corrected chi connectivity index (χ2v) is 3.69. The van der Waals surface area contributed by atoms with Crippen LogP contribution in [0.1, 0.15) is 17.0 Å².